The number of hydrogen-bond donors (Lipinski definition) is 1. The van der Waals surface area contributed by atoms with Gasteiger partial charge >= 0.3 is 7.12 Å². The van der Waals surface area contributed by atoms with Crippen LogP contribution in [0.25, 0.3) is 0 Å². The zero-order chi connectivity index (χ0) is 18.3. The van der Waals surface area contributed by atoms with Gasteiger partial charge in [0, 0.05) is 19.3 Å². The van der Waals surface area contributed by atoms with Crippen LogP contribution in [0.4, 0.5) is 0 Å². The molecule has 0 saturated carbocycles. The Morgan fingerprint density at radius 1 is 1.08 bits per heavy atom. The molecule has 0 amide bonds. The Kier molecular flexibility index (Phi) is 5.03. The van der Waals surface area contributed by atoms with Crippen molar-refractivity contribution in [3.05, 3.63) is 24.3 Å². The third-order valence-electron chi connectivity index (χ3n) is 5.24. The molecule has 0 unspecified atom stereocenters. The molecule has 25 heavy (non-hydrogen) atoms. The first kappa shape index (κ1) is 18.9. The Balaban J connectivity index is 1.80. The lowest BCUT2D eigenvalue weighted by atomic mass is 9.79. The van der Waals surface area contributed by atoms with Gasteiger partial charge in [-0.3, -0.25) is 0 Å². The number of nitrogens with one attached hydrogen (secondary N) is 1. The van der Waals surface area contributed by atoms with E-state index < -0.39 is 28.3 Å². The van der Waals surface area contributed by atoms with Crippen LogP contribution >= 0.6 is 0 Å². The summed E-state index contributed by atoms with van der Waals surface area (Å²) in [7, 11) is -4.17. The Hall–Kier alpha value is -0.925. The van der Waals surface area contributed by atoms with Gasteiger partial charge in [0.05, 0.1) is 16.1 Å². The maximum Gasteiger partial charge on any atom is 0.494 e. The highest BCUT2D eigenvalue weighted by Gasteiger charge is 2.51. The molecule has 8 heteroatoms. The summed E-state index contributed by atoms with van der Waals surface area (Å²) in [6.45, 7) is 9.06. The van der Waals surface area contributed by atoms with Crippen molar-refractivity contribution in [2.75, 3.05) is 13.2 Å². The molecule has 1 N–H and O–H groups in total. The monoisotopic (exact) mass is 367 g/mol. The molecule has 0 radical (unpaired) electrons. The zero-order valence-electron chi connectivity index (χ0n) is 15.2. The first-order chi connectivity index (χ1) is 11.6. The molecule has 138 valence electrons. The van der Waals surface area contributed by atoms with E-state index in [1.165, 1.54) is 0 Å². The first-order valence-electron chi connectivity index (χ1n) is 8.66. The van der Waals surface area contributed by atoms with Crippen LogP contribution in [0.3, 0.4) is 0 Å². The largest absolute Gasteiger partial charge is 0.494 e. The van der Waals surface area contributed by atoms with Gasteiger partial charge in [0.1, 0.15) is 0 Å². The summed E-state index contributed by atoms with van der Waals surface area (Å²) in [5.41, 5.74) is -0.228. The van der Waals surface area contributed by atoms with Crippen molar-refractivity contribution < 1.29 is 22.5 Å². The SMILES string of the molecule is CC1(C)OB(c2cccc(S(=O)(=O)NC3CCOCC3)c2)OC1(C)C. The van der Waals surface area contributed by atoms with Crippen molar-refractivity contribution in [3.8, 4) is 0 Å². The van der Waals surface area contributed by atoms with E-state index in [-0.39, 0.29) is 10.9 Å². The van der Waals surface area contributed by atoms with Gasteiger partial charge in [0.25, 0.3) is 0 Å². The number of hydrogen-bond acceptors (Lipinski definition) is 5. The molecule has 2 aliphatic rings. The second-order valence-corrected chi connectivity index (χ2v) is 9.38. The van der Waals surface area contributed by atoms with Crippen molar-refractivity contribution in [1.29, 1.82) is 0 Å². The van der Waals surface area contributed by atoms with Crippen molar-refractivity contribution in [1.82, 2.24) is 4.72 Å². The van der Waals surface area contributed by atoms with Gasteiger partial charge in [-0.15, -0.1) is 0 Å². The Labute approximate surface area is 150 Å². The molecule has 2 saturated heterocycles. The summed E-state index contributed by atoms with van der Waals surface area (Å²) in [5.74, 6) is 0. The average molecular weight is 367 g/mol. The smallest absolute Gasteiger partial charge is 0.399 e. The molecule has 1 aromatic rings. The standard InChI is InChI=1S/C17H26BNO5S/c1-16(2)17(3,4)24-18(23-16)13-6-5-7-15(12-13)25(20,21)19-14-8-10-22-11-9-14/h5-7,12,14,19H,8-11H2,1-4H3. The number of rotatable bonds is 4. The fourth-order valence-electron chi connectivity index (χ4n) is 2.91. The summed E-state index contributed by atoms with van der Waals surface area (Å²) in [4.78, 5) is 0.228. The average Bonchev–Trinajstić information content (AvgIpc) is 2.76. The van der Waals surface area contributed by atoms with Crippen LogP contribution in [-0.2, 0) is 24.1 Å². The van der Waals surface area contributed by atoms with Crippen molar-refractivity contribution in [3.63, 3.8) is 0 Å². The lowest BCUT2D eigenvalue weighted by Gasteiger charge is -2.32. The summed E-state index contributed by atoms with van der Waals surface area (Å²) < 4.78 is 45.5. The highest BCUT2D eigenvalue weighted by Crippen LogP contribution is 2.36. The van der Waals surface area contributed by atoms with Gasteiger partial charge < -0.3 is 14.0 Å². The summed E-state index contributed by atoms with van der Waals surface area (Å²) in [5, 5.41) is 0. The number of sulfonamides is 1. The van der Waals surface area contributed by atoms with Crippen LogP contribution in [-0.4, -0.2) is 46.0 Å². The number of benzene rings is 1. The topological polar surface area (TPSA) is 73.9 Å². The fraction of sp³-hybridized carbons (Fsp3) is 0.647. The molecule has 2 heterocycles. The third kappa shape index (κ3) is 3.93. The molecular weight excluding hydrogens is 341 g/mol. The predicted octanol–water partition coefficient (Wildman–Crippen LogP) is 1.44. The molecule has 0 aromatic heterocycles. The predicted molar refractivity (Wildman–Crippen MR) is 96.3 cm³/mol. The molecule has 1 aromatic carbocycles. The first-order valence-corrected chi connectivity index (χ1v) is 10.1. The van der Waals surface area contributed by atoms with E-state index in [9.17, 15) is 8.42 Å². The second-order valence-electron chi connectivity index (χ2n) is 7.67. The van der Waals surface area contributed by atoms with Gasteiger partial charge in [-0.25, -0.2) is 13.1 Å². The van der Waals surface area contributed by atoms with Crippen LogP contribution in [0.5, 0.6) is 0 Å². The molecule has 0 spiro atoms. The van der Waals surface area contributed by atoms with Crippen molar-refractivity contribution in [2.45, 2.75) is 62.7 Å². The van der Waals surface area contributed by atoms with Crippen molar-refractivity contribution >= 4 is 22.6 Å². The highest BCUT2D eigenvalue weighted by atomic mass is 32.2. The minimum Gasteiger partial charge on any atom is -0.399 e. The van der Waals surface area contributed by atoms with E-state index in [1.54, 1.807) is 18.2 Å². The third-order valence-corrected chi connectivity index (χ3v) is 6.76. The molecule has 0 bridgehead atoms. The minimum atomic E-state index is -3.59. The van der Waals surface area contributed by atoms with E-state index in [2.05, 4.69) is 4.72 Å². The van der Waals surface area contributed by atoms with Gasteiger partial charge in [0.15, 0.2) is 0 Å². The minimum absolute atomic E-state index is 0.0840. The molecule has 3 rings (SSSR count). The molecule has 6 nitrogen and oxygen atoms in total. The maximum atomic E-state index is 12.7. The fourth-order valence-corrected chi connectivity index (χ4v) is 4.27. The van der Waals surface area contributed by atoms with Gasteiger partial charge in [0.2, 0.25) is 10.0 Å². The van der Waals surface area contributed by atoms with E-state index in [0.29, 0.717) is 31.5 Å². The van der Waals surface area contributed by atoms with E-state index in [4.69, 9.17) is 14.0 Å². The summed E-state index contributed by atoms with van der Waals surface area (Å²) in [6.07, 6.45) is 1.38. The Morgan fingerprint density at radius 2 is 1.68 bits per heavy atom. The quantitative estimate of drug-likeness (QED) is 0.816. The molecule has 0 aliphatic carbocycles. The van der Waals surface area contributed by atoms with E-state index in [1.807, 2.05) is 33.8 Å². The maximum absolute atomic E-state index is 12.7. The zero-order valence-corrected chi connectivity index (χ0v) is 16.1. The molecule has 2 fully saturated rings. The molecule has 2 aliphatic heterocycles. The molecular formula is C17H26BNO5S. The van der Waals surface area contributed by atoms with Crippen LogP contribution in [0.15, 0.2) is 29.2 Å². The van der Waals surface area contributed by atoms with E-state index in [0.717, 1.165) is 0 Å². The second kappa shape index (κ2) is 6.66. The Morgan fingerprint density at radius 3 is 2.28 bits per heavy atom. The van der Waals surface area contributed by atoms with Gasteiger partial charge in [-0.1, -0.05) is 12.1 Å². The van der Waals surface area contributed by atoms with Crippen LogP contribution < -0.4 is 10.2 Å². The summed E-state index contributed by atoms with van der Waals surface area (Å²) in [6, 6.07) is 6.69. The summed E-state index contributed by atoms with van der Waals surface area (Å²) >= 11 is 0. The van der Waals surface area contributed by atoms with Crippen molar-refractivity contribution in [2.24, 2.45) is 0 Å². The lowest BCUT2D eigenvalue weighted by Crippen LogP contribution is -2.41. The highest BCUT2D eigenvalue weighted by molar-refractivity contribution is 7.89. The lowest BCUT2D eigenvalue weighted by molar-refractivity contribution is 0.00578. The van der Waals surface area contributed by atoms with Crippen LogP contribution in [0.2, 0.25) is 0 Å². The normalized spacial score (nSPS) is 23.8. The van der Waals surface area contributed by atoms with Gasteiger partial charge in [-0.2, -0.15) is 0 Å². The molecule has 0 atom stereocenters. The van der Waals surface area contributed by atoms with Crippen LogP contribution in [0.1, 0.15) is 40.5 Å². The van der Waals surface area contributed by atoms with E-state index >= 15 is 0 Å². The number of ether oxygens (including phenoxy) is 1. The van der Waals surface area contributed by atoms with Gasteiger partial charge in [-0.05, 0) is 58.1 Å². The van der Waals surface area contributed by atoms with Crippen LogP contribution in [0, 0.1) is 0 Å². The Bertz CT molecular complexity index is 712.